The number of nitrogens with zero attached hydrogens (tertiary/aromatic N) is 1. The second-order valence-corrected chi connectivity index (χ2v) is 10.6. The number of H-pyrrole nitrogens is 1. The molecule has 9 heteroatoms. The number of fused-ring (bicyclic) bond motifs is 1. The number of carbonyl (C=O) groups excluding carboxylic acids is 2. The standard InChI is InChI=1S/C25H30N4O4S/c1-18(24(30)26-14-11-20-17-27-23-10-6-5-9-22(20)23)28-25(31)19-12-15-29(16-13-19)34(32,33)21-7-3-2-4-8-21/h2-10,17-19,27H,11-16H2,1H3,(H,26,30)(H,28,31)/t18-/m1/s1. The zero-order valence-electron chi connectivity index (χ0n) is 19.2. The molecule has 0 bridgehead atoms. The number of benzene rings is 2. The van der Waals surface area contributed by atoms with Crippen LogP contribution in [0.1, 0.15) is 25.3 Å². The number of carbonyl (C=O) groups is 2. The van der Waals surface area contributed by atoms with Crippen LogP contribution in [0.25, 0.3) is 10.9 Å². The predicted octanol–water partition coefficient (Wildman–Crippen LogP) is 2.43. The lowest BCUT2D eigenvalue weighted by Gasteiger charge is -2.31. The summed E-state index contributed by atoms with van der Waals surface area (Å²) in [7, 11) is -3.56. The summed E-state index contributed by atoms with van der Waals surface area (Å²) in [6.45, 7) is 2.69. The monoisotopic (exact) mass is 482 g/mol. The Morgan fingerprint density at radius 3 is 2.47 bits per heavy atom. The number of amides is 2. The van der Waals surface area contributed by atoms with Gasteiger partial charge in [0.05, 0.1) is 4.90 Å². The Morgan fingerprint density at radius 2 is 1.74 bits per heavy atom. The van der Waals surface area contributed by atoms with E-state index < -0.39 is 16.1 Å². The molecular formula is C25H30N4O4S. The van der Waals surface area contributed by atoms with Crippen LogP contribution in [0.15, 0.2) is 65.7 Å². The number of aromatic amines is 1. The lowest BCUT2D eigenvalue weighted by molar-refractivity contribution is -0.131. The van der Waals surface area contributed by atoms with Crippen LogP contribution in [0.5, 0.6) is 0 Å². The van der Waals surface area contributed by atoms with Gasteiger partial charge in [-0.25, -0.2) is 8.42 Å². The van der Waals surface area contributed by atoms with Gasteiger partial charge >= 0.3 is 0 Å². The Kier molecular flexibility index (Phi) is 7.33. The molecule has 34 heavy (non-hydrogen) atoms. The molecule has 1 aromatic heterocycles. The maximum atomic E-state index is 12.8. The van der Waals surface area contributed by atoms with E-state index >= 15 is 0 Å². The van der Waals surface area contributed by atoms with Gasteiger partial charge in [-0.2, -0.15) is 4.31 Å². The summed E-state index contributed by atoms with van der Waals surface area (Å²) < 4.78 is 26.9. The zero-order valence-corrected chi connectivity index (χ0v) is 20.0. The quantitative estimate of drug-likeness (QED) is 0.458. The van der Waals surface area contributed by atoms with Crippen molar-refractivity contribution in [3.63, 3.8) is 0 Å². The number of rotatable bonds is 8. The number of sulfonamides is 1. The van der Waals surface area contributed by atoms with E-state index in [1.807, 2.05) is 30.5 Å². The van der Waals surface area contributed by atoms with Crippen LogP contribution >= 0.6 is 0 Å². The second-order valence-electron chi connectivity index (χ2n) is 8.62. The Bertz CT molecular complexity index is 1250. The summed E-state index contributed by atoms with van der Waals surface area (Å²) in [5, 5.41) is 6.80. The molecule has 180 valence electrons. The molecule has 2 aromatic carbocycles. The molecule has 2 amide bonds. The van der Waals surface area contributed by atoms with Gasteiger partial charge in [0.2, 0.25) is 21.8 Å². The van der Waals surface area contributed by atoms with Gasteiger partial charge < -0.3 is 15.6 Å². The molecule has 0 radical (unpaired) electrons. The highest BCUT2D eigenvalue weighted by Crippen LogP contribution is 2.24. The molecule has 0 unspecified atom stereocenters. The molecule has 4 rings (SSSR count). The fourth-order valence-corrected chi connectivity index (χ4v) is 5.80. The number of hydrogen-bond donors (Lipinski definition) is 3. The van der Waals surface area contributed by atoms with Crippen LogP contribution in [-0.2, 0) is 26.0 Å². The van der Waals surface area contributed by atoms with E-state index in [9.17, 15) is 18.0 Å². The van der Waals surface area contributed by atoms with E-state index in [1.54, 1.807) is 37.3 Å². The topological polar surface area (TPSA) is 111 Å². The normalized spacial score (nSPS) is 16.3. The van der Waals surface area contributed by atoms with Crippen molar-refractivity contribution in [2.45, 2.75) is 37.1 Å². The Balaban J connectivity index is 1.22. The summed E-state index contributed by atoms with van der Waals surface area (Å²) in [5.74, 6) is -0.767. The van der Waals surface area contributed by atoms with Crippen molar-refractivity contribution in [2.24, 2.45) is 5.92 Å². The van der Waals surface area contributed by atoms with E-state index in [4.69, 9.17) is 0 Å². The maximum absolute atomic E-state index is 12.8. The lowest BCUT2D eigenvalue weighted by atomic mass is 9.97. The summed E-state index contributed by atoms with van der Waals surface area (Å²) in [4.78, 5) is 28.6. The second kappa shape index (κ2) is 10.4. The first kappa shape index (κ1) is 24.0. The Labute approximate surface area is 199 Å². The fourth-order valence-electron chi connectivity index (χ4n) is 4.31. The highest BCUT2D eigenvalue weighted by molar-refractivity contribution is 7.89. The maximum Gasteiger partial charge on any atom is 0.243 e. The summed E-state index contributed by atoms with van der Waals surface area (Å²) in [6.07, 6.45) is 3.48. The summed E-state index contributed by atoms with van der Waals surface area (Å²) in [6, 6.07) is 15.7. The third-order valence-corrected chi connectivity index (χ3v) is 8.24. The fraction of sp³-hybridized carbons (Fsp3) is 0.360. The van der Waals surface area contributed by atoms with Crippen LogP contribution in [0.4, 0.5) is 0 Å². The van der Waals surface area contributed by atoms with Crippen molar-refractivity contribution in [3.8, 4) is 0 Å². The van der Waals surface area contributed by atoms with Crippen LogP contribution < -0.4 is 10.6 Å². The van der Waals surface area contributed by atoms with E-state index in [0.29, 0.717) is 25.8 Å². The van der Waals surface area contributed by atoms with E-state index in [1.165, 1.54) is 4.31 Å². The number of piperidine rings is 1. The largest absolute Gasteiger partial charge is 0.361 e. The average Bonchev–Trinajstić information content (AvgIpc) is 3.27. The highest BCUT2D eigenvalue weighted by Gasteiger charge is 2.32. The van der Waals surface area contributed by atoms with E-state index in [2.05, 4.69) is 15.6 Å². The van der Waals surface area contributed by atoms with Crippen LogP contribution in [-0.4, -0.2) is 55.2 Å². The summed E-state index contributed by atoms with van der Waals surface area (Å²) in [5.41, 5.74) is 2.19. The van der Waals surface area contributed by atoms with Gasteiger partial charge in [-0.15, -0.1) is 0 Å². The number of nitrogens with one attached hydrogen (secondary N) is 3. The molecule has 8 nitrogen and oxygen atoms in total. The summed E-state index contributed by atoms with van der Waals surface area (Å²) >= 11 is 0. The minimum Gasteiger partial charge on any atom is -0.361 e. The van der Waals surface area contributed by atoms with Gasteiger partial charge in [-0.05, 0) is 49.9 Å². The molecule has 2 heterocycles. The third-order valence-electron chi connectivity index (χ3n) is 6.33. The minimum absolute atomic E-state index is 0.212. The van der Waals surface area contributed by atoms with Gasteiger partial charge in [0.1, 0.15) is 6.04 Å². The predicted molar refractivity (Wildman–Crippen MR) is 131 cm³/mol. The van der Waals surface area contributed by atoms with Gasteiger partial charge in [0.25, 0.3) is 0 Å². The molecule has 0 spiro atoms. The van der Waals surface area contributed by atoms with Crippen molar-refractivity contribution in [2.75, 3.05) is 19.6 Å². The molecule has 1 aliphatic heterocycles. The lowest BCUT2D eigenvalue weighted by Crippen LogP contribution is -2.49. The van der Waals surface area contributed by atoms with Crippen LogP contribution in [0.3, 0.4) is 0 Å². The number of hydrogen-bond acceptors (Lipinski definition) is 4. The van der Waals surface area contributed by atoms with Crippen LogP contribution in [0.2, 0.25) is 0 Å². The smallest absolute Gasteiger partial charge is 0.243 e. The first-order valence-corrected chi connectivity index (χ1v) is 13.0. The minimum atomic E-state index is -3.56. The molecule has 1 fully saturated rings. The SMILES string of the molecule is C[C@@H](NC(=O)C1CCN(S(=O)(=O)c2ccccc2)CC1)C(=O)NCCc1c[nH]c2ccccc12. The first-order chi connectivity index (χ1) is 16.4. The van der Waals surface area contributed by atoms with E-state index in [-0.39, 0.29) is 35.7 Å². The van der Waals surface area contributed by atoms with Gasteiger partial charge in [-0.3, -0.25) is 9.59 Å². The molecule has 1 saturated heterocycles. The number of aromatic nitrogens is 1. The first-order valence-electron chi connectivity index (χ1n) is 11.5. The molecule has 0 saturated carbocycles. The molecular weight excluding hydrogens is 452 g/mol. The third kappa shape index (κ3) is 5.31. The van der Waals surface area contributed by atoms with Crippen molar-refractivity contribution < 1.29 is 18.0 Å². The molecule has 1 atom stereocenters. The highest BCUT2D eigenvalue weighted by atomic mass is 32.2. The van der Waals surface area contributed by atoms with Gasteiger partial charge in [0.15, 0.2) is 0 Å². The van der Waals surface area contributed by atoms with Crippen molar-refractivity contribution in [3.05, 3.63) is 66.4 Å². The van der Waals surface area contributed by atoms with Gasteiger partial charge in [0, 0.05) is 42.7 Å². The van der Waals surface area contributed by atoms with Crippen molar-refractivity contribution in [1.82, 2.24) is 19.9 Å². The van der Waals surface area contributed by atoms with Crippen LogP contribution in [0, 0.1) is 5.92 Å². The zero-order chi connectivity index (χ0) is 24.1. The Hall–Kier alpha value is -3.17. The van der Waals surface area contributed by atoms with Crippen molar-refractivity contribution in [1.29, 1.82) is 0 Å². The van der Waals surface area contributed by atoms with Crippen molar-refractivity contribution >= 4 is 32.7 Å². The molecule has 0 aliphatic carbocycles. The molecule has 3 N–H and O–H groups in total. The number of para-hydroxylation sites is 1. The van der Waals surface area contributed by atoms with Gasteiger partial charge in [-0.1, -0.05) is 36.4 Å². The Morgan fingerprint density at radius 1 is 1.06 bits per heavy atom. The van der Waals surface area contributed by atoms with E-state index in [0.717, 1.165) is 16.5 Å². The molecule has 1 aliphatic rings. The average molecular weight is 483 g/mol. The molecule has 3 aromatic rings.